The highest BCUT2D eigenvalue weighted by Gasteiger charge is 1.91. The Morgan fingerprint density at radius 3 is 3.00 bits per heavy atom. The van der Waals surface area contributed by atoms with Gasteiger partial charge in [-0.2, -0.15) is 0 Å². The van der Waals surface area contributed by atoms with Crippen molar-refractivity contribution >= 4 is 27.7 Å². The first-order chi connectivity index (χ1) is 5.33. The van der Waals surface area contributed by atoms with Crippen molar-refractivity contribution in [1.29, 1.82) is 0 Å². The Morgan fingerprint density at radius 1 is 1.55 bits per heavy atom. The summed E-state index contributed by atoms with van der Waals surface area (Å²) < 4.78 is 1.10. The molecular weight excluding hydrogens is 220 g/mol. The molecule has 0 aliphatic carbocycles. The smallest absolute Gasteiger partial charge is 0.0592 e. The van der Waals surface area contributed by atoms with E-state index in [4.69, 9.17) is 6.42 Å². The zero-order valence-electron chi connectivity index (χ0n) is 5.88. The van der Waals surface area contributed by atoms with E-state index in [9.17, 15) is 0 Å². The van der Waals surface area contributed by atoms with Crippen LogP contribution in [-0.4, -0.2) is 5.75 Å². The lowest BCUT2D eigenvalue weighted by Gasteiger charge is -1.96. The molecule has 0 nitrogen and oxygen atoms in total. The maximum Gasteiger partial charge on any atom is 0.0592 e. The van der Waals surface area contributed by atoms with Gasteiger partial charge in [-0.1, -0.05) is 27.9 Å². The van der Waals surface area contributed by atoms with Gasteiger partial charge < -0.3 is 0 Å². The van der Waals surface area contributed by atoms with Crippen molar-refractivity contribution in [3.8, 4) is 12.3 Å². The van der Waals surface area contributed by atoms with Crippen molar-refractivity contribution in [2.24, 2.45) is 0 Å². The molecule has 0 fully saturated rings. The summed E-state index contributed by atoms with van der Waals surface area (Å²) in [6.07, 6.45) is 5.13. The van der Waals surface area contributed by atoms with Crippen LogP contribution < -0.4 is 0 Å². The van der Waals surface area contributed by atoms with Crippen molar-refractivity contribution in [3.05, 3.63) is 28.7 Å². The Bertz CT molecular complexity index is 275. The highest BCUT2D eigenvalue weighted by atomic mass is 79.9. The predicted molar refractivity (Wildman–Crippen MR) is 53.7 cm³/mol. The SMILES string of the molecule is C#CCSc1cccc(Br)c1. The standard InChI is InChI=1S/C9H7BrS/c1-2-6-11-9-5-3-4-8(10)7-9/h1,3-5,7H,6H2. The van der Waals surface area contributed by atoms with Crippen LogP contribution in [0.5, 0.6) is 0 Å². The molecule has 0 aromatic heterocycles. The van der Waals surface area contributed by atoms with Gasteiger partial charge in [0.25, 0.3) is 0 Å². The summed E-state index contributed by atoms with van der Waals surface area (Å²) in [5.41, 5.74) is 0. The van der Waals surface area contributed by atoms with Gasteiger partial charge in [-0.15, -0.1) is 18.2 Å². The lowest BCUT2D eigenvalue weighted by atomic mass is 10.4. The summed E-state index contributed by atoms with van der Waals surface area (Å²) in [6, 6.07) is 8.11. The Morgan fingerprint density at radius 2 is 2.36 bits per heavy atom. The Labute approximate surface area is 79.5 Å². The van der Waals surface area contributed by atoms with Gasteiger partial charge in [-0.3, -0.25) is 0 Å². The molecule has 0 amide bonds. The van der Waals surface area contributed by atoms with Gasteiger partial charge >= 0.3 is 0 Å². The Hall–Kier alpha value is -0.390. The summed E-state index contributed by atoms with van der Waals surface area (Å²) in [4.78, 5) is 1.21. The zero-order valence-corrected chi connectivity index (χ0v) is 8.28. The average molecular weight is 227 g/mol. The molecule has 1 aromatic carbocycles. The van der Waals surface area contributed by atoms with E-state index < -0.39 is 0 Å². The number of hydrogen-bond acceptors (Lipinski definition) is 1. The molecule has 0 bridgehead atoms. The Kier molecular flexibility index (Phi) is 3.55. The van der Waals surface area contributed by atoms with E-state index >= 15 is 0 Å². The van der Waals surface area contributed by atoms with Crippen molar-refractivity contribution in [3.63, 3.8) is 0 Å². The van der Waals surface area contributed by atoms with Gasteiger partial charge in [0.2, 0.25) is 0 Å². The summed E-state index contributed by atoms with van der Waals surface area (Å²) in [5, 5.41) is 0. The van der Waals surface area contributed by atoms with Crippen molar-refractivity contribution in [1.82, 2.24) is 0 Å². The van der Waals surface area contributed by atoms with Crippen LogP contribution in [0, 0.1) is 12.3 Å². The van der Waals surface area contributed by atoms with Gasteiger partial charge in [0, 0.05) is 9.37 Å². The molecule has 1 rings (SSSR count). The topological polar surface area (TPSA) is 0 Å². The number of rotatable bonds is 2. The fourth-order valence-corrected chi connectivity index (χ4v) is 1.87. The van der Waals surface area contributed by atoms with Crippen molar-refractivity contribution in [2.75, 3.05) is 5.75 Å². The van der Waals surface area contributed by atoms with Crippen molar-refractivity contribution in [2.45, 2.75) is 4.90 Å². The molecule has 56 valence electrons. The fraction of sp³-hybridized carbons (Fsp3) is 0.111. The van der Waals surface area contributed by atoms with Crippen LogP contribution in [0.1, 0.15) is 0 Å². The summed E-state index contributed by atoms with van der Waals surface area (Å²) in [6.45, 7) is 0. The van der Waals surface area contributed by atoms with E-state index in [0.29, 0.717) is 0 Å². The van der Waals surface area contributed by atoms with Gasteiger partial charge in [0.05, 0.1) is 5.75 Å². The molecule has 0 saturated carbocycles. The minimum absolute atomic E-state index is 0.733. The van der Waals surface area contributed by atoms with Crippen LogP contribution in [0.15, 0.2) is 33.6 Å². The molecular formula is C9H7BrS. The number of terminal acetylenes is 1. The minimum Gasteiger partial charge on any atom is -0.119 e. The van der Waals surface area contributed by atoms with Crippen LogP contribution in [0.25, 0.3) is 0 Å². The molecule has 0 atom stereocenters. The number of halogens is 1. The molecule has 0 saturated heterocycles. The quantitative estimate of drug-likeness (QED) is 0.552. The molecule has 0 radical (unpaired) electrons. The lowest BCUT2D eigenvalue weighted by molar-refractivity contribution is 1.44. The third-order valence-corrected chi connectivity index (χ3v) is 2.51. The molecule has 0 aliphatic heterocycles. The third-order valence-electron chi connectivity index (χ3n) is 1.12. The van der Waals surface area contributed by atoms with E-state index in [1.54, 1.807) is 11.8 Å². The monoisotopic (exact) mass is 226 g/mol. The van der Waals surface area contributed by atoms with E-state index in [1.165, 1.54) is 4.90 Å². The zero-order chi connectivity index (χ0) is 8.10. The van der Waals surface area contributed by atoms with E-state index in [1.807, 2.05) is 18.2 Å². The van der Waals surface area contributed by atoms with Gasteiger partial charge in [-0.25, -0.2) is 0 Å². The van der Waals surface area contributed by atoms with E-state index in [0.717, 1.165) is 10.2 Å². The molecule has 2 heteroatoms. The van der Waals surface area contributed by atoms with E-state index in [-0.39, 0.29) is 0 Å². The molecule has 0 heterocycles. The fourth-order valence-electron chi connectivity index (χ4n) is 0.682. The largest absolute Gasteiger partial charge is 0.119 e. The van der Waals surface area contributed by atoms with E-state index in [2.05, 4.69) is 27.9 Å². The number of benzene rings is 1. The van der Waals surface area contributed by atoms with Gasteiger partial charge in [0.1, 0.15) is 0 Å². The molecule has 1 aromatic rings. The molecule has 0 unspecified atom stereocenters. The maximum absolute atomic E-state index is 5.13. The second-order valence-corrected chi connectivity index (χ2v) is 3.91. The first kappa shape index (κ1) is 8.70. The second-order valence-electron chi connectivity index (χ2n) is 1.95. The maximum atomic E-state index is 5.13. The van der Waals surface area contributed by atoms with Crippen molar-refractivity contribution < 1.29 is 0 Å². The predicted octanol–water partition coefficient (Wildman–Crippen LogP) is 3.17. The van der Waals surface area contributed by atoms with Gasteiger partial charge in [0.15, 0.2) is 0 Å². The highest BCUT2D eigenvalue weighted by Crippen LogP contribution is 2.20. The molecule has 0 N–H and O–H groups in total. The first-order valence-electron chi connectivity index (χ1n) is 3.15. The molecule has 11 heavy (non-hydrogen) atoms. The highest BCUT2D eigenvalue weighted by molar-refractivity contribution is 9.10. The summed E-state index contributed by atoms with van der Waals surface area (Å²) in [5.74, 6) is 3.32. The normalized spacial score (nSPS) is 9.09. The Balaban J connectivity index is 2.65. The average Bonchev–Trinajstić information content (AvgIpc) is 2.01. The number of thioether (sulfide) groups is 1. The number of hydrogen-bond donors (Lipinski definition) is 0. The summed E-state index contributed by atoms with van der Waals surface area (Å²) in [7, 11) is 0. The third kappa shape index (κ3) is 3.00. The van der Waals surface area contributed by atoms with Crippen LogP contribution in [0.3, 0.4) is 0 Å². The minimum atomic E-state index is 0.733. The van der Waals surface area contributed by atoms with Crippen LogP contribution in [0.2, 0.25) is 0 Å². The lowest BCUT2D eigenvalue weighted by Crippen LogP contribution is -1.73. The second kappa shape index (κ2) is 4.48. The van der Waals surface area contributed by atoms with Crippen LogP contribution >= 0.6 is 27.7 Å². The summed E-state index contributed by atoms with van der Waals surface area (Å²) >= 11 is 5.06. The van der Waals surface area contributed by atoms with Crippen LogP contribution in [-0.2, 0) is 0 Å². The van der Waals surface area contributed by atoms with Gasteiger partial charge in [-0.05, 0) is 18.2 Å². The molecule has 0 aliphatic rings. The van der Waals surface area contributed by atoms with Crippen LogP contribution in [0.4, 0.5) is 0 Å². The molecule has 0 spiro atoms. The first-order valence-corrected chi connectivity index (χ1v) is 4.92.